The molecule has 0 aliphatic heterocycles. The Hall–Kier alpha value is -2.90. The first kappa shape index (κ1) is 12.2. The maximum Gasteiger partial charge on any atom is 0.354 e. The number of nitrogens with one attached hydrogen (secondary N) is 2. The summed E-state index contributed by atoms with van der Waals surface area (Å²) in [7, 11) is 0. The summed E-state index contributed by atoms with van der Waals surface area (Å²) < 4.78 is 5.29. The molecule has 3 rings (SSSR count). The van der Waals surface area contributed by atoms with E-state index < -0.39 is 5.97 Å². The number of aromatic nitrogens is 5. The van der Waals surface area contributed by atoms with E-state index >= 15 is 0 Å². The summed E-state index contributed by atoms with van der Waals surface area (Å²) in [4.78, 5) is 29.1. The van der Waals surface area contributed by atoms with E-state index in [4.69, 9.17) is 9.84 Å². The molecule has 3 aromatic rings. The molecule has 0 amide bonds. The second kappa shape index (κ2) is 4.65. The van der Waals surface area contributed by atoms with Gasteiger partial charge in [-0.15, -0.1) is 0 Å². The zero-order chi connectivity index (χ0) is 14.1. The number of ether oxygens (including phenoxy) is 1. The molecule has 0 aliphatic rings. The van der Waals surface area contributed by atoms with E-state index in [0.29, 0.717) is 29.5 Å². The van der Waals surface area contributed by atoms with Crippen LogP contribution in [0, 0.1) is 0 Å². The zero-order valence-corrected chi connectivity index (χ0v) is 10.5. The number of nitrogens with zero attached hydrogens (tertiary/aromatic N) is 3. The maximum atomic E-state index is 11.1. The topological polar surface area (TPSA) is 117 Å². The first-order chi connectivity index (χ1) is 9.69. The molecular weight excluding hydrogens is 262 g/mol. The molecule has 0 bridgehead atoms. The van der Waals surface area contributed by atoms with Crippen molar-refractivity contribution in [1.82, 2.24) is 24.9 Å². The molecule has 0 unspecified atom stereocenters. The smallest absolute Gasteiger partial charge is 0.354 e. The SMILES string of the molecule is CCOc1ccc2[nH]c(-c3nc[nH]c3C(=O)O)nc2n1. The summed E-state index contributed by atoms with van der Waals surface area (Å²) in [6.07, 6.45) is 1.31. The molecule has 0 atom stereocenters. The largest absolute Gasteiger partial charge is 0.478 e. The second-order valence-electron chi connectivity index (χ2n) is 3.97. The predicted octanol–water partition coefficient (Wildman–Crippen LogP) is 1.44. The fourth-order valence-corrected chi connectivity index (χ4v) is 1.85. The van der Waals surface area contributed by atoms with Gasteiger partial charge in [0.05, 0.1) is 18.5 Å². The number of imidazole rings is 2. The van der Waals surface area contributed by atoms with Crippen LogP contribution < -0.4 is 4.74 Å². The van der Waals surface area contributed by atoms with Crippen LogP contribution in [0.1, 0.15) is 17.4 Å². The van der Waals surface area contributed by atoms with Gasteiger partial charge in [-0.3, -0.25) is 0 Å². The van der Waals surface area contributed by atoms with Gasteiger partial charge < -0.3 is 19.8 Å². The van der Waals surface area contributed by atoms with Gasteiger partial charge in [-0.2, -0.15) is 4.98 Å². The standard InChI is InChI=1S/C12H11N5O3/c1-2-20-7-4-3-6-10(16-7)17-11(15-6)8-9(12(18)19)14-5-13-8/h3-5H,2H2,1H3,(H,13,14)(H,18,19)(H,15,16,17). The number of hydrogen-bond acceptors (Lipinski definition) is 5. The van der Waals surface area contributed by atoms with Gasteiger partial charge >= 0.3 is 5.97 Å². The lowest BCUT2D eigenvalue weighted by Gasteiger charge is -1.99. The number of aromatic amines is 2. The highest BCUT2D eigenvalue weighted by molar-refractivity contribution is 5.92. The normalized spacial score (nSPS) is 10.8. The van der Waals surface area contributed by atoms with Crippen LogP contribution in [-0.4, -0.2) is 42.6 Å². The Kier molecular flexibility index (Phi) is 2.82. The Labute approximate surface area is 112 Å². The minimum absolute atomic E-state index is 0.0194. The predicted molar refractivity (Wildman–Crippen MR) is 69.6 cm³/mol. The second-order valence-corrected chi connectivity index (χ2v) is 3.97. The quantitative estimate of drug-likeness (QED) is 0.662. The van der Waals surface area contributed by atoms with E-state index in [2.05, 4.69) is 24.9 Å². The van der Waals surface area contributed by atoms with E-state index in [0.717, 1.165) is 0 Å². The number of carboxylic acids is 1. The van der Waals surface area contributed by atoms with Crippen molar-refractivity contribution in [3.05, 3.63) is 24.2 Å². The maximum absolute atomic E-state index is 11.1. The van der Waals surface area contributed by atoms with Crippen molar-refractivity contribution in [2.75, 3.05) is 6.61 Å². The number of H-pyrrole nitrogens is 2. The van der Waals surface area contributed by atoms with Gasteiger partial charge in [0, 0.05) is 6.07 Å². The molecule has 0 aliphatic carbocycles. The highest BCUT2D eigenvalue weighted by Crippen LogP contribution is 2.22. The average Bonchev–Trinajstić information content (AvgIpc) is 3.04. The van der Waals surface area contributed by atoms with Gasteiger partial charge in [0.25, 0.3) is 0 Å². The summed E-state index contributed by atoms with van der Waals surface area (Å²) in [6, 6.07) is 3.49. The molecule has 8 nitrogen and oxygen atoms in total. The number of fused-ring (bicyclic) bond motifs is 1. The van der Waals surface area contributed by atoms with Crippen LogP contribution in [0.3, 0.4) is 0 Å². The number of carbonyl (C=O) groups is 1. The Bertz CT molecular complexity index is 776. The van der Waals surface area contributed by atoms with Gasteiger partial charge in [0.1, 0.15) is 5.69 Å². The van der Waals surface area contributed by atoms with Crippen LogP contribution in [-0.2, 0) is 0 Å². The van der Waals surface area contributed by atoms with Crippen molar-refractivity contribution < 1.29 is 14.6 Å². The molecule has 20 heavy (non-hydrogen) atoms. The number of pyridine rings is 1. The van der Waals surface area contributed by atoms with Gasteiger partial charge in [0.2, 0.25) is 5.88 Å². The Morgan fingerprint density at radius 2 is 2.25 bits per heavy atom. The summed E-state index contributed by atoms with van der Waals surface area (Å²) in [5.74, 6) is -0.278. The van der Waals surface area contributed by atoms with Crippen molar-refractivity contribution in [3.8, 4) is 17.4 Å². The average molecular weight is 273 g/mol. The number of rotatable bonds is 4. The third-order valence-electron chi connectivity index (χ3n) is 2.69. The molecule has 3 heterocycles. The highest BCUT2D eigenvalue weighted by Gasteiger charge is 2.18. The first-order valence-corrected chi connectivity index (χ1v) is 5.95. The molecule has 8 heteroatoms. The van der Waals surface area contributed by atoms with E-state index in [1.165, 1.54) is 6.33 Å². The van der Waals surface area contributed by atoms with Gasteiger partial charge in [-0.1, -0.05) is 0 Å². The van der Waals surface area contributed by atoms with Gasteiger partial charge in [0.15, 0.2) is 17.2 Å². The third-order valence-corrected chi connectivity index (χ3v) is 2.69. The van der Waals surface area contributed by atoms with E-state index in [1.54, 1.807) is 12.1 Å². The molecule has 0 saturated carbocycles. The first-order valence-electron chi connectivity index (χ1n) is 5.95. The molecule has 102 valence electrons. The molecule has 0 aromatic carbocycles. The number of carboxylic acid groups (broad SMARTS) is 1. The lowest BCUT2D eigenvalue weighted by atomic mass is 10.3. The van der Waals surface area contributed by atoms with Crippen LogP contribution in [0.2, 0.25) is 0 Å². The summed E-state index contributed by atoms with van der Waals surface area (Å²) in [5, 5.41) is 9.06. The Balaban J connectivity index is 2.08. The summed E-state index contributed by atoms with van der Waals surface area (Å²) in [5.41, 5.74) is 1.36. The molecule has 0 fully saturated rings. The van der Waals surface area contributed by atoms with Crippen LogP contribution in [0.25, 0.3) is 22.7 Å². The van der Waals surface area contributed by atoms with Crippen LogP contribution in [0.5, 0.6) is 5.88 Å². The molecule has 3 N–H and O–H groups in total. The van der Waals surface area contributed by atoms with Crippen LogP contribution >= 0.6 is 0 Å². The van der Waals surface area contributed by atoms with E-state index in [-0.39, 0.29) is 11.4 Å². The summed E-state index contributed by atoms with van der Waals surface area (Å²) >= 11 is 0. The van der Waals surface area contributed by atoms with Crippen molar-refractivity contribution in [2.24, 2.45) is 0 Å². The fraction of sp³-hybridized carbons (Fsp3) is 0.167. The van der Waals surface area contributed by atoms with Crippen molar-refractivity contribution in [1.29, 1.82) is 0 Å². The monoisotopic (exact) mass is 273 g/mol. The zero-order valence-electron chi connectivity index (χ0n) is 10.5. The molecule has 0 saturated heterocycles. The van der Waals surface area contributed by atoms with Crippen molar-refractivity contribution in [3.63, 3.8) is 0 Å². The summed E-state index contributed by atoms with van der Waals surface area (Å²) in [6.45, 7) is 2.38. The molecule has 0 spiro atoms. The van der Waals surface area contributed by atoms with Gasteiger partial charge in [-0.05, 0) is 13.0 Å². The van der Waals surface area contributed by atoms with Crippen LogP contribution in [0.15, 0.2) is 18.5 Å². The molecular formula is C12H11N5O3. The van der Waals surface area contributed by atoms with Crippen LogP contribution in [0.4, 0.5) is 0 Å². The van der Waals surface area contributed by atoms with Crippen molar-refractivity contribution in [2.45, 2.75) is 6.92 Å². The highest BCUT2D eigenvalue weighted by atomic mass is 16.5. The van der Waals surface area contributed by atoms with E-state index in [9.17, 15) is 4.79 Å². The molecule has 3 aromatic heterocycles. The van der Waals surface area contributed by atoms with Crippen molar-refractivity contribution >= 4 is 17.1 Å². The van der Waals surface area contributed by atoms with Gasteiger partial charge in [-0.25, -0.2) is 14.8 Å². The number of aromatic carboxylic acids is 1. The third kappa shape index (κ3) is 1.96. The number of hydrogen-bond donors (Lipinski definition) is 3. The minimum Gasteiger partial charge on any atom is -0.478 e. The lowest BCUT2D eigenvalue weighted by Crippen LogP contribution is -1.99. The molecule has 0 radical (unpaired) electrons. The lowest BCUT2D eigenvalue weighted by molar-refractivity contribution is 0.0692. The Morgan fingerprint density at radius 3 is 3.00 bits per heavy atom. The Morgan fingerprint density at radius 1 is 1.40 bits per heavy atom. The fourth-order valence-electron chi connectivity index (χ4n) is 1.85. The minimum atomic E-state index is -1.10. The van der Waals surface area contributed by atoms with E-state index in [1.807, 2.05) is 6.92 Å².